The average molecular weight is 383 g/mol. The van der Waals surface area contributed by atoms with E-state index in [2.05, 4.69) is 15.5 Å². The highest BCUT2D eigenvalue weighted by Crippen LogP contribution is 2.28. The number of carbonyl (C=O) groups is 1. The third-order valence-corrected chi connectivity index (χ3v) is 5.11. The Labute approximate surface area is 162 Å². The van der Waals surface area contributed by atoms with Crippen LogP contribution >= 0.6 is 11.3 Å². The molecule has 1 heterocycles. The number of carbonyl (C=O) groups excluding carboxylic acids is 1. The number of nitrogens with zero attached hydrogens (tertiary/aromatic N) is 2. The van der Waals surface area contributed by atoms with Crippen LogP contribution < -0.4 is 14.8 Å². The minimum atomic E-state index is -0.654. The largest absolute Gasteiger partial charge is 0.497 e. The zero-order valence-corrected chi connectivity index (χ0v) is 16.5. The Morgan fingerprint density at radius 2 is 1.85 bits per heavy atom. The van der Waals surface area contributed by atoms with Crippen LogP contribution in [0.2, 0.25) is 0 Å². The third kappa shape index (κ3) is 4.43. The Balaban J connectivity index is 1.65. The van der Waals surface area contributed by atoms with Gasteiger partial charge in [-0.3, -0.25) is 10.1 Å². The molecule has 27 heavy (non-hydrogen) atoms. The molecule has 0 aliphatic heterocycles. The molecule has 1 aromatic heterocycles. The first-order chi connectivity index (χ1) is 13.0. The number of benzene rings is 2. The van der Waals surface area contributed by atoms with Crippen LogP contribution in [0, 0.1) is 13.8 Å². The fourth-order valence-corrected chi connectivity index (χ4v) is 3.18. The lowest BCUT2D eigenvalue weighted by molar-refractivity contribution is -0.122. The molecule has 2 aromatic carbocycles. The topological polar surface area (TPSA) is 73.3 Å². The van der Waals surface area contributed by atoms with E-state index in [1.54, 1.807) is 14.0 Å². The van der Waals surface area contributed by atoms with E-state index in [9.17, 15) is 4.79 Å². The van der Waals surface area contributed by atoms with Crippen molar-refractivity contribution in [1.29, 1.82) is 0 Å². The lowest BCUT2D eigenvalue weighted by atomic mass is 10.1. The van der Waals surface area contributed by atoms with E-state index in [0.29, 0.717) is 10.9 Å². The molecule has 0 saturated carbocycles. The van der Waals surface area contributed by atoms with Gasteiger partial charge in [0.05, 0.1) is 7.11 Å². The molecule has 0 bridgehead atoms. The monoisotopic (exact) mass is 383 g/mol. The van der Waals surface area contributed by atoms with Gasteiger partial charge >= 0.3 is 0 Å². The number of ether oxygens (including phenoxy) is 2. The maximum Gasteiger partial charge on any atom is 0.266 e. The first kappa shape index (κ1) is 18.8. The van der Waals surface area contributed by atoms with Gasteiger partial charge in [0.25, 0.3) is 5.91 Å². The maximum absolute atomic E-state index is 12.4. The Kier molecular flexibility index (Phi) is 5.71. The smallest absolute Gasteiger partial charge is 0.266 e. The summed E-state index contributed by atoms with van der Waals surface area (Å²) in [7, 11) is 1.62. The number of amides is 1. The minimum absolute atomic E-state index is 0.270. The predicted molar refractivity (Wildman–Crippen MR) is 107 cm³/mol. The van der Waals surface area contributed by atoms with Crippen molar-refractivity contribution in [3.8, 4) is 22.1 Å². The van der Waals surface area contributed by atoms with Crippen LogP contribution in [0.15, 0.2) is 42.5 Å². The van der Waals surface area contributed by atoms with Gasteiger partial charge in [0.2, 0.25) is 5.13 Å². The van der Waals surface area contributed by atoms with Crippen LogP contribution in [0.5, 0.6) is 11.5 Å². The van der Waals surface area contributed by atoms with Crippen LogP contribution in [0.1, 0.15) is 18.1 Å². The van der Waals surface area contributed by atoms with Crippen LogP contribution in [-0.4, -0.2) is 29.3 Å². The lowest BCUT2D eigenvalue weighted by Crippen LogP contribution is -2.30. The number of aryl methyl sites for hydroxylation is 1. The highest BCUT2D eigenvalue weighted by molar-refractivity contribution is 7.18. The molecular formula is C20H21N3O3S. The standard InChI is InChI=1S/C20H21N3O3S/c1-12-6-5-7-17(13(12)2)26-14(3)18(24)21-20-23-22-19(27-20)15-8-10-16(25-4)11-9-15/h5-11,14H,1-4H3,(H,21,23,24). The zero-order chi connectivity index (χ0) is 19.4. The predicted octanol–water partition coefficient (Wildman–Crippen LogP) is 4.24. The second kappa shape index (κ2) is 8.18. The van der Waals surface area contributed by atoms with Gasteiger partial charge in [-0.2, -0.15) is 0 Å². The molecule has 0 spiro atoms. The van der Waals surface area contributed by atoms with Crippen molar-refractivity contribution in [2.75, 3.05) is 12.4 Å². The zero-order valence-electron chi connectivity index (χ0n) is 15.6. The van der Waals surface area contributed by atoms with E-state index >= 15 is 0 Å². The fraction of sp³-hybridized carbons (Fsp3) is 0.250. The molecule has 0 saturated heterocycles. The minimum Gasteiger partial charge on any atom is -0.497 e. The fourth-order valence-electron chi connectivity index (χ4n) is 2.43. The molecule has 7 heteroatoms. The van der Waals surface area contributed by atoms with Crippen molar-refractivity contribution in [3.05, 3.63) is 53.6 Å². The van der Waals surface area contributed by atoms with Gasteiger partial charge in [-0.15, -0.1) is 10.2 Å². The van der Waals surface area contributed by atoms with E-state index < -0.39 is 6.10 Å². The molecule has 0 fully saturated rings. The summed E-state index contributed by atoms with van der Waals surface area (Å²) in [6, 6.07) is 13.3. The molecule has 1 amide bonds. The van der Waals surface area contributed by atoms with Crippen molar-refractivity contribution in [3.63, 3.8) is 0 Å². The van der Waals surface area contributed by atoms with Gasteiger partial charge in [0.15, 0.2) is 6.10 Å². The summed E-state index contributed by atoms with van der Waals surface area (Å²) in [5.74, 6) is 1.20. The quantitative estimate of drug-likeness (QED) is 0.689. The molecule has 0 radical (unpaired) electrons. The Morgan fingerprint density at radius 1 is 1.11 bits per heavy atom. The van der Waals surface area contributed by atoms with E-state index in [-0.39, 0.29) is 5.91 Å². The van der Waals surface area contributed by atoms with Gasteiger partial charge in [0, 0.05) is 5.56 Å². The SMILES string of the molecule is COc1ccc(-c2nnc(NC(=O)C(C)Oc3cccc(C)c3C)s2)cc1. The summed E-state index contributed by atoms with van der Waals surface area (Å²) in [4.78, 5) is 12.4. The van der Waals surface area contributed by atoms with Gasteiger partial charge in [-0.05, 0) is 62.2 Å². The second-order valence-electron chi connectivity index (χ2n) is 6.09. The number of anilines is 1. The lowest BCUT2D eigenvalue weighted by Gasteiger charge is -2.16. The maximum atomic E-state index is 12.4. The van der Waals surface area contributed by atoms with Crippen LogP contribution in [0.25, 0.3) is 10.6 Å². The number of rotatable bonds is 6. The van der Waals surface area contributed by atoms with Gasteiger partial charge < -0.3 is 9.47 Å². The molecule has 6 nitrogen and oxygen atoms in total. The van der Waals surface area contributed by atoms with E-state index in [1.807, 2.05) is 56.3 Å². The van der Waals surface area contributed by atoms with Crippen LogP contribution in [-0.2, 0) is 4.79 Å². The van der Waals surface area contributed by atoms with Crippen molar-refractivity contribution < 1.29 is 14.3 Å². The number of hydrogen-bond acceptors (Lipinski definition) is 6. The van der Waals surface area contributed by atoms with Gasteiger partial charge in [-0.25, -0.2) is 0 Å². The summed E-state index contributed by atoms with van der Waals surface area (Å²) in [6.07, 6.45) is -0.654. The molecule has 3 rings (SSSR count). The third-order valence-electron chi connectivity index (χ3n) is 4.22. The van der Waals surface area contributed by atoms with Crippen molar-refractivity contribution in [2.24, 2.45) is 0 Å². The summed E-state index contributed by atoms with van der Waals surface area (Å²) >= 11 is 1.31. The summed E-state index contributed by atoms with van der Waals surface area (Å²) in [5, 5.41) is 12.1. The molecule has 1 unspecified atom stereocenters. The second-order valence-corrected chi connectivity index (χ2v) is 7.07. The van der Waals surface area contributed by atoms with Gasteiger partial charge in [-0.1, -0.05) is 23.5 Å². The van der Waals surface area contributed by atoms with Crippen LogP contribution in [0.4, 0.5) is 5.13 Å². The van der Waals surface area contributed by atoms with Crippen molar-refractivity contribution >= 4 is 22.4 Å². The molecule has 1 atom stereocenters. The number of nitrogens with one attached hydrogen (secondary N) is 1. The molecule has 1 N–H and O–H groups in total. The highest BCUT2D eigenvalue weighted by Gasteiger charge is 2.18. The number of aromatic nitrogens is 2. The van der Waals surface area contributed by atoms with E-state index in [0.717, 1.165) is 27.4 Å². The Hall–Kier alpha value is -2.93. The normalized spacial score (nSPS) is 11.7. The van der Waals surface area contributed by atoms with E-state index in [1.165, 1.54) is 11.3 Å². The first-order valence-corrected chi connectivity index (χ1v) is 9.31. The number of hydrogen-bond donors (Lipinski definition) is 1. The molecule has 0 aliphatic carbocycles. The Morgan fingerprint density at radius 3 is 2.56 bits per heavy atom. The van der Waals surface area contributed by atoms with Gasteiger partial charge in [0.1, 0.15) is 16.5 Å². The van der Waals surface area contributed by atoms with Crippen LogP contribution in [0.3, 0.4) is 0 Å². The van der Waals surface area contributed by atoms with E-state index in [4.69, 9.17) is 9.47 Å². The molecular weight excluding hydrogens is 362 g/mol. The van der Waals surface area contributed by atoms with Crippen molar-refractivity contribution in [2.45, 2.75) is 26.9 Å². The highest BCUT2D eigenvalue weighted by atomic mass is 32.1. The summed E-state index contributed by atoms with van der Waals surface area (Å²) < 4.78 is 11.0. The Bertz CT molecular complexity index is 938. The first-order valence-electron chi connectivity index (χ1n) is 8.49. The summed E-state index contributed by atoms with van der Waals surface area (Å²) in [5.41, 5.74) is 3.05. The average Bonchev–Trinajstić information content (AvgIpc) is 3.14. The molecule has 3 aromatic rings. The van der Waals surface area contributed by atoms with Crippen molar-refractivity contribution in [1.82, 2.24) is 10.2 Å². The number of methoxy groups -OCH3 is 1. The molecule has 140 valence electrons. The molecule has 0 aliphatic rings. The summed E-state index contributed by atoms with van der Waals surface area (Å²) in [6.45, 7) is 5.69.